The number of amides is 1. The Kier molecular flexibility index (Phi) is 5.67. The predicted molar refractivity (Wildman–Crippen MR) is 89.4 cm³/mol. The van der Waals surface area contributed by atoms with E-state index in [1.165, 1.54) is 6.07 Å². The van der Waals surface area contributed by atoms with Crippen molar-refractivity contribution in [1.29, 1.82) is 5.26 Å². The highest BCUT2D eigenvalue weighted by Gasteiger charge is 2.09. The van der Waals surface area contributed by atoms with Gasteiger partial charge in [-0.15, -0.1) is 0 Å². The van der Waals surface area contributed by atoms with Gasteiger partial charge < -0.3 is 10.1 Å². The van der Waals surface area contributed by atoms with Crippen LogP contribution in [0.4, 0.5) is 5.69 Å². The number of hydrogen-bond acceptors (Lipinski definition) is 3. The van der Waals surface area contributed by atoms with Gasteiger partial charge in [-0.3, -0.25) is 4.79 Å². The van der Waals surface area contributed by atoms with Crippen LogP contribution in [0.5, 0.6) is 5.75 Å². The van der Waals surface area contributed by atoms with Gasteiger partial charge in [-0.1, -0.05) is 39.1 Å². The summed E-state index contributed by atoms with van der Waals surface area (Å²) in [6.45, 7) is -0.224. The van der Waals surface area contributed by atoms with E-state index >= 15 is 0 Å². The molecule has 1 N–H and O–H groups in total. The van der Waals surface area contributed by atoms with E-state index in [1.807, 2.05) is 6.07 Å². The third kappa shape index (κ3) is 4.38. The van der Waals surface area contributed by atoms with Gasteiger partial charge in [0.25, 0.3) is 5.91 Å². The molecular formula is C15H9BrCl2N2O2. The third-order valence-corrected chi connectivity index (χ3v) is 3.73. The maximum Gasteiger partial charge on any atom is 0.262 e. The van der Waals surface area contributed by atoms with Crippen molar-refractivity contribution < 1.29 is 9.53 Å². The zero-order chi connectivity index (χ0) is 16.1. The number of hydrogen-bond donors (Lipinski definition) is 1. The van der Waals surface area contributed by atoms with Gasteiger partial charge in [-0.05, 0) is 36.4 Å². The summed E-state index contributed by atoms with van der Waals surface area (Å²) in [5, 5.41) is 12.1. The summed E-state index contributed by atoms with van der Waals surface area (Å²) in [6, 6.07) is 11.7. The number of carbonyl (C=O) groups excluding carboxylic acids is 1. The lowest BCUT2D eigenvalue weighted by molar-refractivity contribution is -0.118. The van der Waals surface area contributed by atoms with Crippen molar-refractivity contribution >= 4 is 50.7 Å². The molecule has 2 aromatic rings. The highest BCUT2D eigenvalue weighted by atomic mass is 79.9. The number of nitrogens with one attached hydrogen (secondary N) is 1. The zero-order valence-corrected chi connectivity index (χ0v) is 14.2. The fourth-order valence-corrected chi connectivity index (χ4v) is 2.56. The lowest BCUT2D eigenvalue weighted by Gasteiger charge is -2.10. The second kappa shape index (κ2) is 7.50. The quantitative estimate of drug-likeness (QED) is 0.814. The third-order valence-electron chi connectivity index (χ3n) is 2.62. The van der Waals surface area contributed by atoms with E-state index in [0.29, 0.717) is 22.0 Å². The van der Waals surface area contributed by atoms with Gasteiger partial charge >= 0.3 is 0 Å². The van der Waals surface area contributed by atoms with Gasteiger partial charge in [0.05, 0.1) is 27.4 Å². The average Bonchev–Trinajstić information content (AvgIpc) is 2.48. The number of ether oxygens (including phenoxy) is 1. The monoisotopic (exact) mass is 398 g/mol. The first-order chi connectivity index (χ1) is 10.5. The van der Waals surface area contributed by atoms with Crippen molar-refractivity contribution in [2.24, 2.45) is 0 Å². The summed E-state index contributed by atoms with van der Waals surface area (Å²) in [7, 11) is 0. The van der Waals surface area contributed by atoms with E-state index in [-0.39, 0.29) is 17.5 Å². The number of nitriles is 1. The summed E-state index contributed by atoms with van der Waals surface area (Å²) in [4.78, 5) is 11.9. The molecule has 0 heterocycles. The van der Waals surface area contributed by atoms with Crippen LogP contribution in [0.25, 0.3) is 0 Å². The summed E-state index contributed by atoms with van der Waals surface area (Å²) >= 11 is 15.3. The average molecular weight is 400 g/mol. The van der Waals surface area contributed by atoms with Crippen LogP contribution >= 0.6 is 39.1 Å². The number of carbonyl (C=O) groups is 1. The SMILES string of the molecule is N#Cc1ccc(OCC(=O)Nc2ccc(Br)cc2Cl)c(Cl)c1. The van der Waals surface area contributed by atoms with Crippen molar-refractivity contribution in [3.05, 3.63) is 56.5 Å². The Morgan fingerprint density at radius 1 is 1.23 bits per heavy atom. The van der Waals surface area contributed by atoms with Gasteiger partial charge in [0.2, 0.25) is 0 Å². The maximum atomic E-state index is 11.9. The van der Waals surface area contributed by atoms with E-state index < -0.39 is 0 Å². The van der Waals surface area contributed by atoms with E-state index in [0.717, 1.165) is 4.47 Å². The Morgan fingerprint density at radius 3 is 2.64 bits per heavy atom. The summed E-state index contributed by atoms with van der Waals surface area (Å²) < 4.78 is 6.14. The summed E-state index contributed by atoms with van der Waals surface area (Å²) in [6.07, 6.45) is 0. The number of halogens is 3. The Morgan fingerprint density at radius 2 is 2.00 bits per heavy atom. The molecule has 0 saturated carbocycles. The first kappa shape index (κ1) is 16.6. The molecule has 0 radical (unpaired) electrons. The molecular weight excluding hydrogens is 391 g/mol. The minimum atomic E-state index is -0.371. The van der Waals surface area contributed by atoms with E-state index in [2.05, 4.69) is 21.2 Å². The summed E-state index contributed by atoms with van der Waals surface area (Å²) in [5.41, 5.74) is 0.910. The highest BCUT2D eigenvalue weighted by Crippen LogP contribution is 2.27. The van der Waals surface area contributed by atoms with Gasteiger partial charge in [-0.2, -0.15) is 5.26 Å². The fraction of sp³-hybridized carbons (Fsp3) is 0.0667. The molecule has 0 aliphatic rings. The number of benzene rings is 2. The van der Waals surface area contributed by atoms with Crippen molar-refractivity contribution in [2.75, 3.05) is 11.9 Å². The topological polar surface area (TPSA) is 62.1 Å². The van der Waals surface area contributed by atoms with Crippen LogP contribution in [0.2, 0.25) is 10.0 Å². The molecule has 0 aliphatic carbocycles. The second-order valence-corrected chi connectivity index (χ2v) is 5.95. The van der Waals surface area contributed by atoms with Crippen molar-refractivity contribution in [1.82, 2.24) is 0 Å². The summed E-state index contributed by atoms with van der Waals surface area (Å²) in [5.74, 6) is -0.0395. The molecule has 0 atom stereocenters. The van der Waals surface area contributed by atoms with Crippen LogP contribution < -0.4 is 10.1 Å². The molecule has 0 aromatic heterocycles. The van der Waals surface area contributed by atoms with Gasteiger partial charge in [0.1, 0.15) is 5.75 Å². The lowest BCUT2D eigenvalue weighted by atomic mass is 10.2. The lowest BCUT2D eigenvalue weighted by Crippen LogP contribution is -2.20. The van der Waals surface area contributed by atoms with Gasteiger partial charge in [0, 0.05) is 4.47 Å². The van der Waals surface area contributed by atoms with Gasteiger partial charge in [0.15, 0.2) is 6.61 Å². The molecule has 2 rings (SSSR count). The number of nitrogens with zero attached hydrogens (tertiary/aromatic N) is 1. The number of rotatable bonds is 4. The first-order valence-corrected chi connectivity index (χ1v) is 7.62. The maximum absolute atomic E-state index is 11.9. The van der Waals surface area contributed by atoms with Crippen molar-refractivity contribution in [3.63, 3.8) is 0 Å². The van der Waals surface area contributed by atoms with E-state index in [9.17, 15) is 4.79 Å². The van der Waals surface area contributed by atoms with Gasteiger partial charge in [-0.25, -0.2) is 0 Å². The Bertz CT molecular complexity index is 760. The molecule has 1 amide bonds. The fourth-order valence-electron chi connectivity index (χ4n) is 1.61. The van der Waals surface area contributed by atoms with Crippen molar-refractivity contribution in [2.45, 2.75) is 0 Å². The zero-order valence-electron chi connectivity index (χ0n) is 11.1. The molecule has 0 aliphatic heterocycles. The Balaban J connectivity index is 1.97. The van der Waals surface area contributed by atoms with E-state index in [4.69, 9.17) is 33.2 Å². The van der Waals surface area contributed by atoms with E-state index in [1.54, 1.807) is 30.3 Å². The molecule has 0 spiro atoms. The molecule has 4 nitrogen and oxygen atoms in total. The standard InChI is InChI=1S/C15H9BrCl2N2O2/c16-10-2-3-13(11(17)6-10)20-15(21)8-22-14-4-1-9(7-19)5-12(14)18/h1-6H,8H2,(H,20,21). The molecule has 2 aromatic carbocycles. The molecule has 112 valence electrons. The van der Waals surface area contributed by atoms with Crippen LogP contribution in [0, 0.1) is 11.3 Å². The Labute approximate surface area is 145 Å². The normalized spacial score (nSPS) is 9.91. The molecule has 0 saturated heterocycles. The molecule has 7 heteroatoms. The smallest absolute Gasteiger partial charge is 0.262 e. The first-order valence-electron chi connectivity index (χ1n) is 6.07. The highest BCUT2D eigenvalue weighted by molar-refractivity contribution is 9.10. The van der Waals surface area contributed by atoms with Crippen LogP contribution in [-0.4, -0.2) is 12.5 Å². The molecule has 0 fully saturated rings. The van der Waals surface area contributed by atoms with Crippen LogP contribution in [-0.2, 0) is 4.79 Å². The minimum Gasteiger partial charge on any atom is -0.482 e. The number of anilines is 1. The Hall–Kier alpha value is -1.74. The minimum absolute atomic E-state index is 0.224. The van der Waals surface area contributed by atoms with Crippen molar-refractivity contribution in [3.8, 4) is 11.8 Å². The predicted octanol–water partition coefficient (Wildman–Crippen LogP) is 4.65. The van der Waals surface area contributed by atoms with Crippen LogP contribution in [0.15, 0.2) is 40.9 Å². The molecule has 0 unspecified atom stereocenters. The molecule has 22 heavy (non-hydrogen) atoms. The van der Waals surface area contributed by atoms with Crippen LogP contribution in [0.1, 0.15) is 5.56 Å². The second-order valence-electron chi connectivity index (χ2n) is 4.22. The molecule has 0 bridgehead atoms. The largest absolute Gasteiger partial charge is 0.482 e. The van der Waals surface area contributed by atoms with Crippen LogP contribution in [0.3, 0.4) is 0 Å².